The summed E-state index contributed by atoms with van der Waals surface area (Å²) in [7, 11) is 0. The summed E-state index contributed by atoms with van der Waals surface area (Å²) in [4.78, 5) is 46.0. The van der Waals surface area contributed by atoms with E-state index in [1.54, 1.807) is 0 Å². The molecule has 12 heteroatoms. The van der Waals surface area contributed by atoms with Gasteiger partial charge in [0.25, 0.3) is 5.69 Å². The van der Waals surface area contributed by atoms with Gasteiger partial charge in [-0.05, 0) is 12.1 Å². The van der Waals surface area contributed by atoms with E-state index in [4.69, 9.17) is 10.5 Å². The number of nitrogens with two attached hydrogens (primary N) is 1. The van der Waals surface area contributed by atoms with Crippen LogP contribution in [0.4, 0.5) is 29.0 Å². The van der Waals surface area contributed by atoms with Crippen molar-refractivity contribution < 1.29 is 19.2 Å². The zero-order valence-electron chi connectivity index (χ0n) is 15.8. The van der Waals surface area contributed by atoms with Crippen molar-refractivity contribution in [3.8, 4) is 0 Å². The molecule has 0 spiro atoms. The van der Waals surface area contributed by atoms with Crippen LogP contribution in [0.3, 0.4) is 0 Å². The van der Waals surface area contributed by atoms with Crippen molar-refractivity contribution in [2.24, 2.45) is 0 Å². The Morgan fingerprint density at radius 1 is 1.27 bits per heavy atom. The molecule has 1 aromatic carbocycles. The number of hydrogen-bond acceptors (Lipinski definition) is 9. The van der Waals surface area contributed by atoms with E-state index in [-0.39, 0.29) is 29.7 Å². The number of aromatic nitrogens is 2. The molecule has 0 aliphatic carbocycles. The van der Waals surface area contributed by atoms with Crippen LogP contribution in [0.5, 0.6) is 0 Å². The summed E-state index contributed by atoms with van der Waals surface area (Å²) >= 11 is 0. The largest absolute Gasteiger partial charge is 0.383 e. The van der Waals surface area contributed by atoms with E-state index in [1.807, 2.05) is 4.90 Å². The summed E-state index contributed by atoms with van der Waals surface area (Å²) in [5, 5.41) is 16.1. The molecule has 3 heterocycles. The first-order valence-electron chi connectivity index (χ1n) is 9.27. The average Bonchev–Trinajstić information content (AvgIpc) is 2.73. The Morgan fingerprint density at radius 3 is 2.63 bits per heavy atom. The maximum atomic E-state index is 12.9. The van der Waals surface area contributed by atoms with E-state index in [2.05, 4.69) is 20.6 Å². The fraction of sp³-hybridized carbons (Fsp3) is 0.333. The SMILES string of the molecule is Nc1nc(N2CCOCC2)nc2c1[C@@H](C(=O)Nc1ccc([N+](=O)[O-])cc1)CC(=O)N2. The highest BCUT2D eigenvalue weighted by Crippen LogP contribution is 2.36. The lowest BCUT2D eigenvalue weighted by Crippen LogP contribution is -2.38. The van der Waals surface area contributed by atoms with Gasteiger partial charge in [0, 0.05) is 37.3 Å². The number of non-ortho nitro benzene ring substituents is 1. The number of amides is 2. The number of ether oxygens (including phenoxy) is 1. The van der Waals surface area contributed by atoms with E-state index in [0.717, 1.165) is 0 Å². The van der Waals surface area contributed by atoms with Crippen molar-refractivity contribution in [2.75, 3.05) is 47.6 Å². The molecule has 0 bridgehead atoms. The van der Waals surface area contributed by atoms with Crippen LogP contribution in [0.2, 0.25) is 0 Å². The predicted molar refractivity (Wildman–Crippen MR) is 107 cm³/mol. The molecule has 4 N–H and O–H groups in total. The van der Waals surface area contributed by atoms with Gasteiger partial charge in [-0.25, -0.2) is 0 Å². The average molecular weight is 413 g/mol. The topological polar surface area (TPSA) is 166 Å². The molecule has 1 fully saturated rings. The molecule has 156 valence electrons. The van der Waals surface area contributed by atoms with Gasteiger partial charge < -0.3 is 26.0 Å². The van der Waals surface area contributed by atoms with E-state index < -0.39 is 16.7 Å². The van der Waals surface area contributed by atoms with Crippen LogP contribution in [-0.2, 0) is 14.3 Å². The fourth-order valence-electron chi connectivity index (χ4n) is 3.41. The number of nitrogen functional groups attached to an aromatic ring is 1. The lowest BCUT2D eigenvalue weighted by molar-refractivity contribution is -0.384. The number of rotatable bonds is 4. The summed E-state index contributed by atoms with van der Waals surface area (Å²) in [6.07, 6.45) is -0.115. The van der Waals surface area contributed by atoms with Gasteiger partial charge in [0.1, 0.15) is 11.6 Å². The van der Waals surface area contributed by atoms with Gasteiger partial charge in [-0.15, -0.1) is 0 Å². The van der Waals surface area contributed by atoms with Crippen LogP contribution in [0, 0.1) is 10.1 Å². The highest BCUT2D eigenvalue weighted by molar-refractivity contribution is 6.05. The summed E-state index contributed by atoms with van der Waals surface area (Å²) in [6.45, 7) is 2.26. The summed E-state index contributed by atoms with van der Waals surface area (Å²) in [6, 6.07) is 5.40. The van der Waals surface area contributed by atoms with E-state index in [0.29, 0.717) is 43.5 Å². The van der Waals surface area contributed by atoms with Gasteiger partial charge >= 0.3 is 0 Å². The Balaban J connectivity index is 1.59. The zero-order chi connectivity index (χ0) is 21.3. The van der Waals surface area contributed by atoms with Gasteiger partial charge in [-0.3, -0.25) is 19.7 Å². The number of hydrogen-bond donors (Lipinski definition) is 3. The maximum absolute atomic E-state index is 12.9. The molecular weight excluding hydrogens is 394 g/mol. The van der Waals surface area contributed by atoms with Crippen molar-refractivity contribution in [1.82, 2.24) is 9.97 Å². The Bertz CT molecular complexity index is 1000. The predicted octanol–water partition coefficient (Wildman–Crippen LogP) is 0.868. The third-order valence-corrected chi connectivity index (χ3v) is 4.92. The molecule has 1 aromatic heterocycles. The molecule has 2 aromatic rings. The second-order valence-electron chi connectivity index (χ2n) is 6.87. The van der Waals surface area contributed by atoms with Crippen molar-refractivity contribution in [1.29, 1.82) is 0 Å². The standard InChI is InChI=1S/C18H19N7O5/c19-15-14-12(17(27)20-10-1-3-11(4-2-10)25(28)29)9-13(26)21-16(14)23-18(22-15)24-5-7-30-8-6-24/h1-4,12H,5-9H2,(H,20,27)(H3,19,21,22,23,26)/t12-/m0/s1. The minimum absolute atomic E-state index is 0.0938. The van der Waals surface area contributed by atoms with Gasteiger partial charge in [0.2, 0.25) is 17.8 Å². The highest BCUT2D eigenvalue weighted by Gasteiger charge is 2.35. The molecule has 1 saturated heterocycles. The Kier molecular flexibility index (Phi) is 5.14. The normalized spacial score (nSPS) is 18.3. The van der Waals surface area contributed by atoms with Crippen LogP contribution in [-0.4, -0.2) is 53.0 Å². The number of morpholine rings is 1. The van der Waals surface area contributed by atoms with E-state index in [1.165, 1.54) is 24.3 Å². The highest BCUT2D eigenvalue weighted by atomic mass is 16.6. The smallest absolute Gasteiger partial charge is 0.269 e. The first-order chi connectivity index (χ1) is 14.4. The molecule has 2 aliphatic rings. The minimum atomic E-state index is -0.886. The number of carbonyl (C=O) groups is 2. The number of benzene rings is 1. The molecule has 30 heavy (non-hydrogen) atoms. The van der Waals surface area contributed by atoms with Gasteiger partial charge in [0.05, 0.1) is 29.6 Å². The molecule has 12 nitrogen and oxygen atoms in total. The van der Waals surface area contributed by atoms with Crippen molar-refractivity contribution in [2.45, 2.75) is 12.3 Å². The Morgan fingerprint density at radius 2 is 1.97 bits per heavy atom. The van der Waals surface area contributed by atoms with Gasteiger partial charge in [0.15, 0.2) is 0 Å². The minimum Gasteiger partial charge on any atom is -0.383 e. The van der Waals surface area contributed by atoms with Crippen LogP contribution >= 0.6 is 0 Å². The number of nitrogens with one attached hydrogen (secondary N) is 2. The lowest BCUT2D eigenvalue weighted by Gasteiger charge is -2.30. The molecule has 2 aliphatic heterocycles. The van der Waals surface area contributed by atoms with Crippen LogP contribution in [0.25, 0.3) is 0 Å². The summed E-state index contributed by atoms with van der Waals surface area (Å²) in [5.41, 5.74) is 6.78. The molecule has 4 rings (SSSR count). The zero-order valence-corrected chi connectivity index (χ0v) is 15.8. The van der Waals surface area contributed by atoms with Crippen LogP contribution in [0.15, 0.2) is 24.3 Å². The fourth-order valence-corrected chi connectivity index (χ4v) is 3.41. The van der Waals surface area contributed by atoms with Gasteiger partial charge in [-0.1, -0.05) is 0 Å². The molecule has 2 amide bonds. The monoisotopic (exact) mass is 413 g/mol. The van der Waals surface area contributed by atoms with Crippen LogP contribution in [0.1, 0.15) is 17.9 Å². The number of nitrogens with zero attached hydrogens (tertiary/aromatic N) is 4. The number of nitro groups is 1. The molecule has 0 unspecified atom stereocenters. The number of carbonyl (C=O) groups excluding carboxylic acids is 2. The van der Waals surface area contributed by atoms with E-state index in [9.17, 15) is 19.7 Å². The van der Waals surface area contributed by atoms with Crippen LogP contribution < -0.4 is 21.3 Å². The number of nitro benzene ring substituents is 1. The second kappa shape index (κ2) is 7.91. The molecular formula is C18H19N7O5. The quantitative estimate of drug-likeness (QED) is 0.487. The molecule has 1 atom stereocenters. The van der Waals surface area contributed by atoms with E-state index >= 15 is 0 Å². The Labute approximate surface area is 170 Å². The molecule has 0 saturated carbocycles. The first-order valence-corrected chi connectivity index (χ1v) is 9.27. The lowest BCUT2D eigenvalue weighted by atomic mass is 9.92. The summed E-state index contributed by atoms with van der Waals surface area (Å²) < 4.78 is 5.32. The Hall–Kier alpha value is -3.80. The maximum Gasteiger partial charge on any atom is 0.269 e. The van der Waals surface area contributed by atoms with Crippen molar-refractivity contribution >= 4 is 40.8 Å². The van der Waals surface area contributed by atoms with Crippen molar-refractivity contribution in [3.63, 3.8) is 0 Å². The number of anilines is 4. The first kappa shape index (κ1) is 19.5. The number of fused-ring (bicyclic) bond motifs is 1. The third-order valence-electron chi connectivity index (χ3n) is 4.92. The second-order valence-corrected chi connectivity index (χ2v) is 6.87. The van der Waals surface area contributed by atoms with Crippen molar-refractivity contribution in [3.05, 3.63) is 39.9 Å². The van der Waals surface area contributed by atoms with Gasteiger partial charge in [-0.2, -0.15) is 9.97 Å². The molecule has 0 radical (unpaired) electrons. The summed E-state index contributed by atoms with van der Waals surface area (Å²) in [5.74, 6) is -1.03. The third kappa shape index (κ3) is 3.85.